The highest BCUT2D eigenvalue weighted by Crippen LogP contribution is 2.10. The molecule has 3 nitrogen and oxygen atoms in total. The number of hydrogen-bond donors (Lipinski definition) is 0. The summed E-state index contributed by atoms with van der Waals surface area (Å²) in [6.07, 6.45) is 7.59. The van der Waals surface area contributed by atoms with Gasteiger partial charge in [0.25, 0.3) is 0 Å². The van der Waals surface area contributed by atoms with Crippen LogP contribution in [0.15, 0.2) is 49.1 Å². The Morgan fingerprint density at radius 2 is 2.00 bits per heavy atom. The quantitative estimate of drug-likeness (QED) is 0.690. The normalized spacial score (nSPS) is 9.92. The lowest BCUT2D eigenvalue weighted by atomic mass is 10.4. The second kappa shape index (κ2) is 3.31. The third kappa shape index (κ3) is 1.54. The van der Waals surface area contributed by atoms with Crippen molar-refractivity contribution in [2.75, 3.05) is 12.1 Å². The molecular weight excluding hydrogens is 162 g/mol. The molecule has 0 spiro atoms. The number of aromatic nitrogens is 2. The van der Waals surface area contributed by atoms with Crippen LogP contribution in [0.5, 0.6) is 0 Å². The van der Waals surface area contributed by atoms with Crippen molar-refractivity contribution in [2.45, 2.75) is 0 Å². The van der Waals surface area contributed by atoms with E-state index in [-0.39, 0.29) is 0 Å². The highest BCUT2D eigenvalue weighted by atomic mass is 15.5. The Hall–Kier alpha value is -1.77. The summed E-state index contributed by atoms with van der Waals surface area (Å²) >= 11 is 0. The van der Waals surface area contributed by atoms with E-state index in [1.54, 1.807) is 6.20 Å². The van der Waals surface area contributed by atoms with Gasteiger partial charge >= 0.3 is 0 Å². The number of nitrogens with zero attached hydrogens (tertiary/aromatic N) is 3. The Balaban J connectivity index is 2.29. The van der Waals surface area contributed by atoms with E-state index in [0.717, 1.165) is 5.69 Å². The fourth-order valence-corrected chi connectivity index (χ4v) is 1.20. The van der Waals surface area contributed by atoms with E-state index in [1.165, 1.54) is 0 Å². The van der Waals surface area contributed by atoms with Gasteiger partial charge in [0, 0.05) is 25.6 Å². The van der Waals surface area contributed by atoms with E-state index in [2.05, 4.69) is 4.98 Å². The van der Waals surface area contributed by atoms with Gasteiger partial charge < -0.3 is 0 Å². The van der Waals surface area contributed by atoms with E-state index in [0.29, 0.717) is 0 Å². The predicted octanol–water partition coefficient (Wildman–Crippen LogP) is 1.78. The lowest BCUT2D eigenvalue weighted by molar-refractivity contribution is 0.778. The van der Waals surface area contributed by atoms with Crippen molar-refractivity contribution in [3.8, 4) is 0 Å². The van der Waals surface area contributed by atoms with Crippen molar-refractivity contribution in [1.29, 1.82) is 0 Å². The van der Waals surface area contributed by atoms with Crippen LogP contribution in [0.4, 0.5) is 5.69 Å². The Labute approximate surface area is 77.2 Å². The van der Waals surface area contributed by atoms with E-state index in [1.807, 2.05) is 59.6 Å². The predicted molar refractivity (Wildman–Crippen MR) is 52.5 cm³/mol. The van der Waals surface area contributed by atoms with Crippen LogP contribution in [-0.4, -0.2) is 16.7 Å². The molecule has 2 aromatic heterocycles. The maximum atomic E-state index is 4.06. The first kappa shape index (κ1) is 7.86. The first-order valence-electron chi connectivity index (χ1n) is 4.15. The highest BCUT2D eigenvalue weighted by Gasteiger charge is 1.99. The van der Waals surface area contributed by atoms with E-state index < -0.39 is 0 Å². The second-order valence-electron chi connectivity index (χ2n) is 2.80. The van der Waals surface area contributed by atoms with Crippen molar-refractivity contribution in [3.63, 3.8) is 0 Å². The summed E-state index contributed by atoms with van der Waals surface area (Å²) < 4.78 is 2.00. The molecule has 0 unspecified atom stereocenters. The van der Waals surface area contributed by atoms with Crippen LogP contribution in [0.25, 0.3) is 0 Å². The van der Waals surface area contributed by atoms with Crippen LogP contribution < -0.4 is 5.01 Å². The molecule has 0 aliphatic carbocycles. The Morgan fingerprint density at radius 1 is 1.23 bits per heavy atom. The second-order valence-corrected chi connectivity index (χ2v) is 2.80. The van der Waals surface area contributed by atoms with Gasteiger partial charge in [-0.3, -0.25) is 14.7 Å². The van der Waals surface area contributed by atoms with Gasteiger partial charge in [0.05, 0.1) is 11.9 Å². The van der Waals surface area contributed by atoms with Gasteiger partial charge in [0.2, 0.25) is 0 Å². The molecule has 0 aliphatic rings. The summed E-state index contributed by atoms with van der Waals surface area (Å²) in [5.41, 5.74) is 1.07. The van der Waals surface area contributed by atoms with Gasteiger partial charge in [-0.05, 0) is 24.3 Å². The molecule has 0 atom stereocenters. The lowest BCUT2D eigenvalue weighted by Gasteiger charge is -2.19. The van der Waals surface area contributed by atoms with Gasteiger partial charge in [-0.1, -0.05) is 0 Å². The molecule has 0 N–H and O–H groups in total. The molecule has 2 rings (SSSR count). The number of hydrogen-bond acceptors (Lipinski definition) is 2. The average molecular weight is 173 g/mol. The van der Waals surface area contributed by atoms with Gasteiger partial charge in [-0.25, -0.2) is 0 Å². The fourth-order valence-electron chi connectivity index (χ4n) is 1.20. The fraction of sp³-hybridized carbons (Fsp3) is 0.100. The van der Waals surface area contributed by atoms with Crippen LogP contribution in [0.3, 0.4) is 0 Å². The Kier molecular flexibility index (Phi) is 2.00. The molecule has 0 aliphatic heterocycles. The van der Waals surface area contributed by atoms with Crippen molar-refractivity contribution >= 4 is 5.69 Å². The summed E-state index contributed by atoms with van der Waals surface area (Å²) in [4.78, 5) is 4.06. The van der Waals surface area contributed by atoms with Gasteiger partial charge in [0.15, 0.2) is 0 Å². The number of anilines is 1. The molecule has 0 fully saturated rings. The van der Waals surface area contributed by atoms with Crippen LogP contribution in [0.1, 0.15) is 0 Å². The van der Waals surface area contributed by atoms with Crippen LogP contribution in [0.2, 0.25) is 0 Å². The largest absolute Gasteiger partial charge is 0.283 e. The molecule has 13 heavy (non-hydrogen) atoms. The van der Waals surface area contributed by atoms with Crippen LogP contribution >= 0.6 is 0 Å². The molecule has 0 radical (unpaired) electrons. The van der Waals surface area contributed by atoms with Crippen LogP contribution in [0, 0.1) is 0 Å². The SMILES string of the molecule is CN(c1cccnc1)n1cccc1. The third-order valence-electron chi connectivity index (χ3n) is 1.95. The van der Waals surface area contributed by atoms with Crippen molar-refractivity contribution in [2.24, 2.45) is 0 Å². The van der Waals surface area contributed by atoms with Gasteiger partial charge in [-0.15, -0.1) is 0 Å². The summed E-state index contributed by atoms with van der Waals surface area (Å²) in [5, 5.41) is 2.02. The summed E-state index contributed by atoms with van der Waals surface area (Å²) in [7, 11) is 2.00. The van der Waals surface area contributed by atoms with Crippen molar-refractivity contribution in [3.05, 3.63) is 49.1 Å². The number of rotatable bonds is 2. The zero-order valence-corrected chi connectivity index (χ0v) is 7.46. The first-order chi connectivity index (χ1) is 6.38. The molecule has 0 bridgehead atoms. The molecule has 2 heterocycles. The minimum atomic E-state index is 1.07. The highest BCUT2D eigenvalue weighted by molar-refractivity contribution is 5.42. The van der Waals surface area contributed by atoms with Crippen molar-refractivity contribution in [1.82, 2.24) is 9.66 Å². The van der Waals surface area contributed by atoms with E-state index in [4.69, 9.17) is 0 Å². The maximum absolute atomic E-state index is 4.06. The molecule has 0 saturated heterocycles. The monoisotopic (exact) mass is 173 g/mol. The topological polar surface area (TPSA) is 21.1 Å². The molecule has 66 valence electrons. The zero-order chi connectivity index (χ0) is 9.10. The van der Waals surface area contributed by atoms with Gasteiger partial charge in [0.1, 0.15) is 0 Å². The van der Waals surface area contributed by atoms with E-state index in [9.17, 15) is 0 Å². The Morgan fingerprint density at radius 3 is 2.62 bits per heavy atom. The first-order valence-corrected chi connectivity index (χ1v) is 4.15. The summed E-state index contributed by atoms with van der Waals surface area (Å²) in [5.74, 6) is 0. The van der Waals surface area contributed by atoms with E-state index >= 15 is 0 Å². The lowest BCUT2D eigenvalue weighted by Crippen LogP contribution is -2.22. The van der Waals surface area contributed by atoms with Gasteiger partial charge in [-0.2, -0.15) is 0 Å². The molecule has 2 aromatic rings. The summed E-state index contributed by atoms with van der Waals surface area (Å²) in [6, 6.07) is 7.93. The molecule has 0 amide bonds. The molecule has 0 aromatic carbocycles. The number of pyridine rings is 1. The third-order valence-corrected chi connectivity index (χ3v) is 1.95. The standard InChI is InChI=1S/C10H11N3/c1-12(13-7-2-3-8-13)10-5-4-6-11-9-10/h2-9H,1H3. The molecular formula is C10H11N3. The zero-order valence-electron chi connectivity index (χ0n) is 7.46. The minimum Gasteiger partial charge on any atom is -0.283 e. The Bertz CT molecular complexity index is 353. The average Bonchev–Trinajstić information content (AvgIpc) is 2.71. The molecule has 0 saturated carbocycles. The maximum Gasteiger partial charge on any atom is 0.0757 e. The molecule has 3 heteroatoms. The minimum absolute atomic E-state index is 1.07. The van der Waals surface area contributed by atoms with Crippen LogP contribution in [-0.2, 0) is 0 Å². The summed E-state index contributed by atoms with van der Waals surface area (Å²) in [6.45, 7) is 0. The smallest absolute Gasteiger partial charge is 0.0757 e. The van der Waals surface area contributed by atoms with Crippen molar-refractivity contribution < 1.29 is 0 Å².